The van der Waals surface area contributed by atoms with Gasteiger partial charge in [0.1, 0.15) is 6.04 Å². The van der Waals surface area contributed by atoms with Gasteiger partial charge in [-0.3, -0.25) is 0 Å². The lowest BCUT2D eigenvalue weighted by atomic mass is 10.1. The molecule has 1 aromatic carbocycles. The lowest BCUT2D eigenvalue weighted by Crippen LogP contribution is -2.29. The summed E-state index contributed by atoms with van der Waals surface area (Å²) >= 11 is 0. The highest BCUT2D eigenvalue weighted by Gasteiger charge is 2.22. The normalized spacial score (nSPS) is 13.4. The first kappa shape index (κ1) is 13.7. The molecule has 6 nitrogen and oxygen atoms in total. The summed E-state index contributed by atoms with van der Waals surface area (Å²) in [6.45, 7) is 1.66. The Bertz CT molecular complexity index is 637. The fraction of sp³-hybridized carbons (Fsp3) is 0.333. The van der Waals surface area contributed by atoms with Crippen LogP contribution in [0.25, 0.3) is 0 Å². The highest BCUT2D eigenvalue weighted by atomic mass is 32.2. The van der Waals surface area contributed by atoms with Crippen molar-refractivity contribution in [1.82, 2.24) is 14.9 Å². The number of benzene rings is 1. The molecule has 2 aromatic rings. The summed E-state index contributed by atoms with van der Waals surface area (Å²) in [5.74, 6) is 0.676. The molecule has 102 valence electrons. The van der Waals surface area contributed by atoms with E-state index in [2.05, 4.69) is 14.9 Å². The fourth-order valence-corrected chi connectivity index (χ4v) is 2.44. The summed E-state index contributed by atoms with van der Waals surface area (Å²) in [6, 6.07) is 8.97. The van der Waals surface area contributed by atoms with E-state index in [4.69, 9.17) is 4.42 Å². The van der Waals surface area contributed by atoms with E-state index in [0.717, 1.165) is 11.8 Å². The third-order valence-corrected chi connectivity index (χ3v) is 3.19. The standard InChI is InChI=1S/C12H15N3O3S/c1-9-13-14-12(18-9)11(15-19(2,16)17)8-10-6-4-3-5-7-10/h3-7,11,15H,8H2,1-2H3. The number of nitrogens with one attached hydrogen (secondary N) is 1. The third kappa shape index (κ3) is 4.15. The molecule has 1 aromatic heterocycles. The van der Waals surface area contributed by atoms with E-state index < -0.39 is 16.1 Å². The molecule has 1 heterocycles. The number of rotatable bonds is 5. The topological polar surface area (TPSA) is 85.1 Å². The second kappa shape index (κ2) is 5.50. The number of sulfonamides is 1. The van der Waals surface area contributed by atoms with Crippen LogP contribution in [0.3, 0.4) is 0 Å². The van der Waals surface area contributed by atoms with Crippen LogP contribution >= 0.6 is 0 Å². The predicted octanol–water partition coefficient (Wildman–Crippen LogP) is 1.21. The van der Waals surface area contributed by atoms with Gasteiger partial charge < -0.3 is 4.42 Å². The van der Waals surface area contributed by atoms with Crippen molar-refractivity contribution in [3.63, 3.8) is 0 Å². The van der Waals surface area contributed by atoms with Gasteiger partial charge in [-0.25, -0.2) is 13.1 Å². The Hall–Kier alpha value is -1.73. The van der Waals surface area contributed by atoms with Crippen LogP contribution in [0.2, 0.25) is 0 Å². The van der Waals surface area contributed by atoms with Gasteiger partial charge in [0.05, 0.1) is 6.26 Å². The van der Waals surface area contributed by atoms with Gasteiger partial charge in [-0.1, -0.05) is 30.3 Å². The van der Waals surface area contributed by atoms with Crippen LogP contribution in [0.15, 0.2) is 34.7 Å². The van der Waals surface area contributed by atoms with Crippen LogP contribution in [0.1, 0.15) is 23.4 Å². The average Bonchev–Trinajstić information content (AvgIpc) is 2.75. The smallest absolute Gasteiger partial charge is 0.234 e. The summed E-state index contributed by atoms with van der Waals surface area (Å²) in [4.78, 5) is 0. The Kier molecular flexibility index (Phi) is 3.96. The van der Waals surface area contributed by atoms with Crippen molar-refractivity contribution < 1.29 is 12.8 Å². The Balaban J connectivity index is 2.24. The molecule has 1 atom stereocenters. The average molecular weight is 281 g/mol. The van der Waals surface area contributed by atoms with Crippen molar-refractivity contribution in [2.24, 2.45) is 0 Å². The minimum atomic E-state index is -3.36. The number of nitrogens with zero attached hydrogens (tertiary/aromatic N) is 2. The van der Waals surface area contributed by atoms with Crippen LogP contribution < -0.4 is 4.72 Å². The van der Waals surface area contributed by atoms with E-state index in [1.807, 2.05) is 30.3 Å². The first-order valence-electron chi connectivity index (χ1n) is 5.75. The van der Waals surface area contributed by atoms with E-state index in [1.54, 1.807) is 6.92 Å². The third-order valence-electron chi connectivity index (χ3n) is 2.48. The molecule has 0 aliphatic rings. The van der Waals surface area contributed by atoms with Crippen molar-refractivity contribution in [2.45, 2.75) is 19.4 Å². The molecule has 0 saturated carbocycles. The van der Waals surface area contributed by atoms with Gasteiger partial charge in [0.2, 0.25) is 21.8 Å². The predicted molar refractivity (Wildman–Crippen MR) is 69.9 cm³/mol. The van der Waals surface area contributed by atoms with Gasteiger partial charge in [-0.05, 0) is 12.0 Å². The molecule has 0 spiro atoms. The van der Waals surface area contributed by atoms with Gasteiger partial charge in [-0.2, -0.15) is 0 Å². The fourth-order valence-electron chi connectivity index (χ4n) is 1.74. The molecule has 2 rings (SSSR count). The second-order valence-electron chi connectivity index (χ2n) is 4.29. The summed E-state index contributed by atoms with van der Waals surface area (Å²) < 4.78 is 30.6. The number of aromatic nitrogens is 2. The molecular formula is C12H15N3O3S. The van der Waals surface area contributed by atoms with Gasteiger partial charge in [-0.15, -0.1) is 10.2 Å². The Labute approximate surface area is 111 Å². The molecule has 0 radical (unpaired) electrons. The summed E-state index contributed by atoms with van der Waals surface area (Å²) in [6.07, 6.45) is 1.56. The minimum Gasteiger partial charge on any atom is -0.424 e. The molecule has 0 amide bonds. The van der Waals surface area contributed by atoms with Crippen molar-refractivity contribution in [3.05, 3.63) is 47.7 Å². The molecule has 0 fully saturated rings. The molecule has 1 N–H and O–H groups in total. The molecule has 0 aliphatic carbocycles. The van der Waals surface area contributed by atoms with Crippen molar-refractivity contribution in [2.75, 3.05) is 6.26 Å². The SMILES string of the molecule is Cc1nnc(C(Cc2ccccc2)NS(C)(=O)=O)o1. The number of hydrogen-bond acceptors (Lipinski definition) is 5. The molecule has 7 heteroatoms. The number of aryl methyl sites for hydroxylation is 1. The van der Waals surface area contributed by atoms with Crippen LogP contribution in [0.5, 0.6) is 0 Å². The molecule has 1 unspecified atom stereocenters. The highest BCUT2D eigenvalue weighted by Crippen LogP contribution is 2.18. The van der Waals surface area contributed by atoms with Crippen molar-refractivity contribution in [1.29, 1.82) is 0 Å². The first-order chi connectivity index (χ1) is 8.94. The van der Waals surface area contributed by atoms with Crippen LogP contribution in [-0.4, -0.2) is 24.9 Å². The summed E-state index contributed by atoms with van der Waals surface area (Å²) in [7, 11) is -3.36. The lowest BCUT2D eigenvalue weighted by Gasteiger charge is -2.13. The minimum absolute atomic E-state index is 0.270. The maximum atomic E-state index is 11.4. The zero-order valence-electron chi connectivity index (χ0n) is 10.7. The van der Waals surface area contributed by atoms with E-state index in [9.17, 15) is 8.42 Å². The quantitative estimate of drug-likeness (QED) is 0.890. The van der Waals surface area contributed by atoms with Gasteiger partial charge >= 0.3 is 0 Å². The van der Waals surface area contributed by atoms with Crippen LogP contribution in [-0.2, 0) is 16.4 Å². The lowest BCUT2D eigenvalue weighted by molar-refractivity contribution is 0.412. The molecule has 19 heavy (non-hydrogen) atoms. The maximum absolute atomic E-state index is 11.4. The summed E-state index contributed by atoms with van der Waals surface area (Å²) in [5.41, 5.74) is 0.986. The largest absolute Gasteiger partial charge is 0.424 e. The van der Waals surface area contributed by atoms with E-state index in [0.29, 0.717) is 12.3 Å². The highest BCUT2D eigenvalue weighted by molar-refractivity contribution is 7.88. The van der Waals surface area contributed by atoms with Gasteiger partial charge in [0.15, 0.2) is 0 Å². The monoisotopic (exact) mass is 281 g/mol. The maximum Gasteiger partial charge on any atom is 0.234 e. The number of hydrogen-bond donors (Lipinski definition) is 1. The van der Waals surface area contributed by atoms with Gasteiger partial charge in [0, 0.05) is 6.92 Å². The Morgan fingerprint density at radius 3 is 2.47 bits per heavy atom. The van der Waals surface area contributed by atoms with Gasteiger partial charge in [0.25, 0.3) is 0 Å². The second-order valence-corrected chi connectivity index (χ2v) is 6.07. The van der Waals surface area contributed by atoms with Crippen molar-refractivity contribution in [3.8, 4) is 0 Å². The first-order valence-corrected chi connectivity index (χ1v) is 7.64. The zero-order valence-corrected chi connectivity index (χ0v) is 11.5. The molecular weight excluding hydrogens is 266 g/mol. The Morgan fingerprint density at radius 2 is 1.95 bits per heavy atom. The van der Waals surface area contributed by atoms with E-state index >= 15 is 0 Å². The molecule has 0 aliphatic heterocycles. The van der Waals surface area contributed by atoms with Crippen molar-refractivity contribution >= 4 is 10.0 Å². The Morgan fingerprint density at radius 1 is 1.26 bits per heavy atom. The van der Waals surface area contributed by atoms with E-state index in [1.165, 1.54) is 0 Å². The molecule has 0 saturated heterocycles. The van der Waals surface area contributed by atoms with E-state index in [-0.39, 0.29) is 5.89 Å². The zero-order chi connectivity index (χ0) is 13.9. The summed E-state index contributed by atoms with van der Waals surface area (Å²) in [5, 5.41) is 7.61. The van der Waals surface area contributed by atoms with Crippen LogP contribution in [0.4, 0.5) is 0 Å². The van der Waals surface area contributed by atoms with Crippen LogP contribution in [0, 0.1) is 6.92 Å². The molecule has 0 bridgehead atoms.